The maximum atomic E-state index is 11.7. The fourth-order valence-corrected chi connectivity index (χ4v) is 1.79. The summed E-state index contributed by atoms with van der Waals surface area (Å²) in [5.74, 6) is 0.681. The van der Waals surface area contributed by atoms with E-state index in [-0.39, 0.29) is 6.10 Å². The summed E-state index contributed by atoms with van der Waals surface area (Å²) in [6, 6.07) is 0. The van der Waals surface area contributed by atoms with Crippen LogP contribution in [0.15, 0.2) is 0 Å². The molecule has 0 bridgehead atoms. The molecule has 3 heteroatoms. The Hall–Kier alpha value is -0.410. The van der Waals surface area contributed by atoms with Crippen molar-refractivity contribution >= 4 is 5.78 Å². The number of likely N-dealkylation sites (N-methyl/N-ethyl adjacent to an activating group) is 1. The average molecular weight is 183 g/mol. The normalized spacial score (nSPS) is 30.4. The van der Waals surface area contributed by atoms with E-state index in [2.05, 4.69) is 11.8 Å². The van der Waals surface area contributed by atoms with Crippen LogP contribution in [0, 0.1) is 5.92 Å². The Balaban J connectivity index is 1.87. The van der Waals surface area contributed by atoms with E-state index < -0.39 is 0 Å². The summed E-state index contributed by atoms with van der Waals surface area (Å²) in [6.07, 6.45) is 2.05. The Morgan fingerprint density at radius 3 is 2.92 bits per heavy atom. The number of ketones is 1. The molecule has 1 unspecified atom stereocenters. The molecule has 2 aliphatic rings. The Kier molecular flexibility index (Phi) is 2.65. The summed E-state index contributed by atoms with van der Waals surface area (Å²) >= 11 is 0. The number of rotatable bonds is 3. The van der Waals surface area contributed by atoms with Crippen molar-refractivity contribution in [2.24, 2.45) is 5.92 Å². The molecule has 1 saturated heterocycles. The second-order valence-corrected chi connectivity index (χ2v) is 3.93. The lowest BCUT2D eigenvalue weighted by atomic mass is 10.1. The zero-order chi connectivity index (χ0) is 9.26. The summed E-state index contributed by atoms with van der Waals surface area (Å²) in [5.41, 5.74) is 0. The number of hydrogen-bond acceptors (Lipinski definition) is 3. The van der Waals surface area contributed by atoms with Crippen molar-refractivity contribution in [1.82, 2.24) is 4.90 Å². The first kappa shape index (κ1) is 9.16. The van der Waals surface area contributed by atoms with Crippen LogP contribution >= 0.6 is 0 Å². The molecule has 1 heterocycles. The Bertz CT molecular complexity index is 201. The topological polar surface area (TPSA) is 29.5 Å². The van der Waals surface area contributed by atoms with Crippen LogP contribution in [0.25, 0.3) is 0 Å². The number of morpholine rings is 1. The SMILES string of the molecule is CCN1CCOC(C(=O)C2CC2)C1. The van der Waals surface area contributed by atoms with E-state index >= 15 is 0 Å². The van der Waals surface area contributed by atoms with Gasteiger partial charge >= 0.3 is 0 Å². The number of carbonyl (C=O) groups excluding carboxylic acids is 1. The molecule has 2 fully saturated rings. The van der Waals surface area contributed by atoms with Crippen LogP contribution in [0.2, 0.25) is 0 Å². The monoisotopic (exact) mass is 183 g/mol. The van der Waals surface area contributed by atoms with Crippen molar-refractivity contribution < 1.29 is 9.53 Å². The van der Waals surface area contributed by atoms with Gasteiger partial charge in [0, 0.05) is 19.0 Å². The van der Waals surface area contributed by atoms with Crippen molar-refractivity contribution in [2.75, 3.05) is 26.2 Å². The van der Waals surface area contributed by atoms with Crippen molar-refractivity contribution in [3.05, 3.63) is 0 Å². The highest BCUT2D eigenvalue weighted by Gasteiger charge is 2.37. The van der Waals surface area contributed by atoms with Crippen LogP contribution in [0.4, 0.5) is 0 Å². The second kappa shape index (κ2) is 3.76. The fourth-order valence-electron chi connectivity index (χ4n) is 1.79. The van der Waals surface area contributed by atoms with Crippen molar-refractivity contribution in [1.29, 1.82) is 0 Å². The first-order valence-electron chi connectivity index (χ1n) is 5.19. The van der Waals surface area contributed by atoms with Gasteiger partial charge in [-0.15, -0.1) is 0 Å². The molecule has 1 aliphatic heterocycles. The quantitative estimate of drug-likeness (QED) is 0.644. The highest BCUT2D eigenvalue weighted by atomic mass is 16.5. The van der Waals surface area contributed by atoms with E-state index in [1.807, 2.05) is 0 Å². The minimum Gasteiger partial charge on any atom is -0.368 e. The van der Waals surface area contributed by atoms with Gasteiger partial charge in [-0.2, -0.15) is 0 Å². The lowest BCUT2D eigenvalue weighted by Crippen LogP contribution is -2.46. The third kappa shape index (κ3) is 2.09. The van der Waals surface area contributed by atoms with Crippen molar-refractivity contribution in [2.45, 2.75) is 25.9 Å². The Morgan fingerprint density at radius 2 is 2.31 bits per heavy atom. The lowest BCUT2D eigenvalue weighted by molar-refractivity contribution is -0.137. The van der Waals surface area contributed by atoms with Gasteiger partial charge in [0.2, 0.25) is 0 Å². The largest absolute Gasteiger partial charge is 0.368 e. The van der Waals surface area contributed by atoms with Gasteiger partial charge in [0.05, 0.1) is 6.61 Å². The maximum absolute atomic E-state index is 11.7. The summed E-state index contributed by atoms with van der Waals surface area (Å²) in [5, 5.41) is 0. The Morgan fingerprint density at radius 1 is 1.54 bits per heavy atom. The van der Waals surface area contributed by atoms with Crippen LogP contribution < -0.4 is 0 Å². The molecule has 1 atom stereocenters. The highest BCUT2D eigenvalue weighted by Crippen LogP contribution is 2.32. The van der Waals surface area contributed by atoms with E-state index in [1.54, 1.807) is 0 Å². The van der Waals surface area contributed by atoms with Gasteiger partial charge in [-0.05, 0) is 19.4 Å². The van der Waals surface area contributed by atoms with Gasteiger partial charge in [-0.1, -0.05) is 6.92 Å². The molecule has 74 valence electrons. The van der Waals surface area contributed by atoms with E-state index in [4.69, 9.17) is 4.74 Å². The van der Waals surface area contributed by atoms with Gasteiger partial charge in [0.15, 0.2) is 5.78 Å². The van der Waals surface area contributed by atoms with E-state index in [0.29, 0.717) is 11.7 Å². The molecular formula is C10H17NO2. The maximum Gasteiger partial charge on any atom is 0.165 e. The number of nitrogens with zero attached hydrogens (tertiary/aromatic N) is 1. The molecule has 3 nitrogen and oxygen atoms in total. The first-order valence-corrected chi connectivity index (χ1v) is 5.19. The predicted molar refractivity (Wildman–Crippen MR) is 49.6 cm³/mol. The van der Waals surface area contributed by atoms with Crippen LogP contribution in [0.3, 0.4) is 0 Å². The minimum atomic E-state index is -0.124. The van der Waals surface area contributed by atoms with Gasteiger partial charge in [-0.3, -0.25) is 9.69 Å². The Labute approximate surface area is 79.0 Å². The number of carbonyl (C=O) groups is 1. The third-order valence-electron chi connectivity index (χ3n) is 2.89. The van der Waals surface area contributed by atoms with Gasteiger partial charge < -0.3 is 4.74 Å². The molecule has 0 aromatic heterocycles. The summed E-state index contributed by atoms with van der Waals surface area (Å²) < 4.78 is 5.48. The molecule has 0 radical (unpaired) electrons. The molecule has 0 amide bonds. The van der Waals surface area contributed by atoms with Crippen molar-refractivity contribution in [3.8, 4) is 0 Å². The molecule has 13 heavy (non-hydrogen) atoms. The molecule has 1 aliphatic carbocycles. The van der Waals surface area contributed by atoms with E-state index in [0.717, 1.165) is 39.1 Å². The van der Waals surface area contributed by atoms with Gasteiger partial charge in [0.25, 0.3) is 0 Å². The summed E-state index contributed by atoms with van der Waals surface area (Å²) in [4.78, 5) is 14.0. The third-order valence-corrected chi connectivity index (χ3v) is 2.89. The zero-order valence-electron chi connectivity index (χ0n) is 8.16. The first-order chi connectivity index (χ1) is 6.31. The fraction of sp³-hybridized carbons (Fsp3) is 0.900. The summed E-state index contributed by atoms with van der Waals surface area (Å²) in [6.45, 7) is 5.66. The zero-order valence-corrected chi connectivity index (χ0v) is 8.16. The average Bonchev–Trinajstić information content (AvgIpc) is 3.00. The van der Waals surface area contributed by atoms with E-state index in [1.165, 1.54) is 0 Å². The predicted octanol–water partition coefficient (Wildman–Crippen LogP) is 0.686. The molecular weight excluding hydrogens is 166 g/mol. The van der Waals surface area contributed by atoms with Gasteiger partial charge in [-0.25, -0.2) is 0 Å². The molecule has 0 aromatic carbocycles. The standard InChI is InChI=1S/C10H17NO2/c1-2-11-5-6-13-9(7-11)10(12)8-3-4-8/h8-9H,2-7H2,1H3. The van der Waals surface area contributed by atoms with Crippen LogP contribution in [-0.2, 0) is 9.53 Å². The highest BCUT2D eigenvalue weighted by molar-refractivity contribution is 5.87. The molecule has 0 N–H and O–H groups in total. The second-order valence-electron chi connectivity index (χ2n) is 3.93. The number of ether oxygens (including phenoxy) is 1. The summed E-state index contributed by atoms with van der Waals surface area (Å²) in [7, 11) is 0. The number of Topliss-reactive ketones (excluding diaryl/α,β-unsaturated/α-hetero) is 1. The molecule has 2 rings (SSSR count). The number of hydrogen-bond donors (Lipinski definition) is 0. The van der Waals surface area contributed by atoms with E-state index in [9.17, 15) is 4.79 Å². The minimum absolute atomic E-state index is 0.124. The van der Waals surface area contributed by atoms with Crippen LogP contribution in [0.1, 0.15) is 19.8 Å². The molecule has 0 spiro atoms. The molecule has 1 saturated carbocycles. The molecule has 0 aromatic rings. The smallest absolute Gasteiger partial charge is 0.165 e. The van der Waals surface area contributed by atoms with Crippen LogP contribution in [-0.4, -0.2) is 43.0 Å². The lowest BCUT2D eigenvalue weighted by Gasteiger charge is -2.31. The van der Waals surface area contributed by atoms with Crippen LogP contribution in [0.5, 0.6) is 0 Å². The van der Waals surface area contributed by atoms with Crippen molar-refractivity contribution in [3.63, 3.8) is 0 Å². The van der Waals surface area contributed by atoms with Gasteiger partial charge in [0.1, 0.15) is 6.10 Å².